The van der Waals surface area contributed by atoms with Crippen molar-refractivity contribution < 1.29 is 14.3 Å². The molecule has 15 heavy (non-hydrogen) atoms. The maximum Gasteiger partial charge on any atom is 0.325 e. The Morgan fingerprint density at radius 1 is 1.60 bits per heavy atom. The van der Waals surface area contributed by atoms with Crippen molar-refractivity contribution in [3.63, 3.8) is 0 Å². The lowest BCUT2D eigenvalue weighted by Gasteiger charge is -2.02. The molecule has 0 atom stereocenters. The fourth-order valence-corrected chi connectivity index (χ4v) is 2.08. The summed E-state index contributed by atoms with van der Waals surface area (Å²) in [6.07, 6.45) is 0. The van der Waals surface area contributed by atoms with Crippen molar-refractivity contribution in [2.24, 2.45) is 0 Å². The van der Waals surface area contributed by atoms with E-state index in [-0.39, 0.29) is 12.5 Å². The van der Waals surface area contributed by atoms with Crippen LogP contribution in [0.15, 0.2) is 5.38 Å². The topological polar surface area (TPSA) is 55.4 Å². The van der Waals surface area contributed by atoms with Gasteiger partial charge in [-0.25, -0.2) is 0 Å². The number of hydrogen-bond acceptors (Lipinski definition) is 4. The second kappa shape index (κ2) is 5.14. The van der Waals surface area contributed by atoms with Crippen molar-refractivity contribution in [3.05, 3.63) is 20.8 Å². The fraction of sp³-hybridized carbons (Fsp3) is 0.333. The molecule has 1 aromatic rings. The third kappa shape index (κ3) is 2.94. The number of aryl methyl sites for hydroxylation is 1. The van der Waals surface area contributed by atoms with Gasteiger partial charge in [-0.1, -0.05) is 11.6 Å². The number of hydrogen-bond donors (Lipinski definition) is 1. The molecule has 0 aromatic carbocycles. The number of esters is 1. The molecular formula is C9H10ClNO3S. The second-order valence-electron chi connectivity index (χ2n) is 2.82. The summed E-state index contributed by atoms with van der Waals surface area (Å²) in [5.41, 5.74) is 0.852. The summed E-state index contributed by atoms with van der Waals surface area (Å²) in [6, 6.07) is 0. The first-order valence-electron chi connectivity index (χ1n) is 4.15. The van der Waals surface area contributed by atoms with E-state index in [0.29, 0.717) is 9.90 Å². The van der Waals surface area contributed by atoms with Gasteiger partial charge in [-0.05, 0) is 17.9 Å². The van der Waals surface area contributed by atoms with Crippen LogP contribution in [0, 0.1) is 6.92 Å². The highest BCUT2D eigenvalue weighted by Crippen LogP contribution is 2.26. The molecule has 1 aromatic heterocycles. The van der Waals surface area contributed by atoms with Crippen molar-refractivity contribution in [2.45, 2.75) is 6.92 Å². The van der Waals surface area contributed by atoms with E-state index in [4.69, 9.17) is 11.6 Å². The highest BCUT2D eigenvalue weighted by atomic mass is 35.5. The van der Waals surface area contributed by atoms with E-state index < -0.39 is 5.97 Å². The van der Waals surface area contributed by atoms with Crippen LogP contribution in [0.5, 0.6) is 0 Å². The van der Waals surface area contributed by atoms with Crippen LogP contribution in [0.1, 0.15) is 15.2 Å². The van der Waals surface area contributed by atoms with Gasteiger partial charge < -0.3 is 10.1 Å². The Morgan fingerprint density at radius 2 is 2.27 bits per heavy atom. The zero-order chi connectivity index (χ0) is 11.4. The number of amides is 1. The normalized spacial score (nSPS) is 9.80. The van der Waals surface area contributed by atoms with Crippen LogP contribution in [0.25, 0.3) is 0 Å². The van der Waals surface area contributed by atoms with E-state index >= 15 is 0 Å². The Morgan fingerprint density at radius 3 is 2.73 bits per heavy atom. The zero-order valence-electron chi connectivity index (χ0n) is 8.30. The fourth-order valence-electron chi connectivity index (χ4n) is 0.888. The molecule has 0 saturated carbocycles. The van der Waals surface area contributed by atoms with E-state index in [1.54, 1.807) is 5.38 Å². The highest BCUT2D eigenvalue weighted by Gasteiger charge is 2.15. The van der Waals surface area contributed by atoms with Crippen LogP contribution in [0.4, 0.5) is 0 Å². The number of methoxy groups -OCH3 is 1. The van der Waals surface area contributed by atoms with Gasteiger partial charge in [0.25, 0.3) is 5.91 Å². The maximum absolute atomic E-state index is 11.5. The third-order valence-corrected chi connectivity index (χ3v) is 3.42. The van der Waals surface area contributed by atoms with Gasteiger partial charge in [0, 0.05) is 0 Å². The summed E-state index contributed by atoms with van der Waals surface area (Å²) in [5.74, 6) is -0.851. The quantitative estimate of drug-likeness (QED) is 0.826. The van der Waals surface area contributed by atoms with Crippen molar-refractivity contribution >= 4 is 34.8 Å². The molecule has 1 N–H and O–H groups in total. The van der Waals surface area contributed by atoms with Crippen molar-refractivity contribution in [3.8, 4) is 0 Å². The maximum atomic E-state index is 11.5. The highest BCUT2D eigenvalue weighted by molar-refractivity contribution is 7.13. The van der Waals surface area contributed by atoms with Gasteiger partial charge in [-0.15, -0.1) is 11.3 Å². The van der Waals surface area contributed by atoms with Gasteiger partial charge in [-0.3, -0.25) is 9.59 Å². The molecule has 0 unspecified atom stereocenters. The first-order chi connectivity index (χ1) is 7.06. The van der Waals surface area contributed by atoms with Crippen LogP contribution >= 0.6 is 22.9 Å². The zero-order valence-corrected chi connectivity index (χ0v) is 9.87. The summed E-state index contributed by atoms with van der Waals surface area (Å²) in [6.45, 7) is 1.67. The summed E-state index contributed by atoms with van der Waals surface area (Å²) >= 11 is 7.13. The SMILES string of the molecule is COC(=O)CNC(=O)c1scc(C)c1Cl. The second-order valence-corrected chi connectivity index (χ2v) is 4.08. The Bertz CT molecular complexity index is 389. The molecule has 0 saturated heterocycles. The lowest BCUT2D eigenvalue weighted by Crippen LogP contribution is -2.29. The van der Waals surface area contributed by atoms with Crippen LogP contribution < -0.4 is 5.32 Å². The number of nitrogens with one attached hydrogen (secondary N) is 1. The first-order valence-corrected chi connectivity index (χ1v) is 5.40. The minimum Gasteiger partial charge on any atom is -0.468 e. The van der Waals surface area contributed by atoms with Crippen molar-refractivity contribution in [1.82, 2.24) is 5.32 Å². The minimum atomic E-state index is -0.493. The first kappa shape index (κ1) is 12.0. The van der Waals surface area contributed by atoms with Crippen molar-refractivity contribution in [2.75, 3.05) is 13.7 Å². The Labute approximate surface area is 96.2 Å². The van der Waals surface area contributed by atoms with Crippen LogP contribution in [-0.2, 0) is 9.53 Å². The smallest absolute Gasteiger partial charge is 0.325 e. The predicted octanol–water partition coefficient (Wildman–Crippen LogP) is 1.61. The molecule has 6 heteroatoms. The molecule has 1 rings (SSSR count). The number of carbonyl (C=O) groups is 2. The molecule has 1 amide bonds. The monoisotopic (exact) mass is 247 g/mol. The van der Waals surface area contributed by atoms with Gasteiger partial charge >= 0.3 is 5.97 Å². The summed E-state index contributed by atoms with van der Waals surface area (Å²) in [4.78, 5) is 22.7. The van der Waals surface area contributed by atoms with E-state index in [2.05, 4.69) is 10.1 Å². The van der Waals surface area contributed by atoms with Crippen LogP contribution in [0.3, 0.4) is 0 Å². The molecule has 82 valence electrons. The predicted molar refractivity (Wildman–Crippen MR) is 58.4 cm³/mol. The average molecular weight is 248 g/mol. The van der Waals surface area contributed by atoms with Gasteiger partial charge in [0.05, 0.1) is 12.1 Å². The van der Waals surface area contributed by atoms with E-state index in [0.717, 1.165) is 5.56 Å². The average Bonchev–Trinajstić information content (AvgIpc) is 2.56. The molecule has 4 nitrogen and oxygen atoms in total. The Kier molecular flexibility index (Phi) is 4.11. The number of ether oxygens (including phenoxy) is 1. The molecular weight excluding hydrogens is 238 g/mol. The van der Waals surface area contributed by atoms with Crippen molar-refractivity contribution in [1.29, 1.82) is 0 Å². The van der Waals surface area contributed by atoms with Gasteiger partial charge in [0.15, 0.2) is 0 Å². The molecule has 1 heterocycles. The number of rotatable bonds is 3. The molecule has 0 aliphatic heterocycles. The molecule has 0 radical (unpaired) electrons. The number of carbonyl (C=O) groups excluding carboxylic acids is 2. The molecule has 0 spiro atoms. The molecule has 0 aliphatic carbocycles. The lowest BCUT2D eigenvalue weighted by atomic mass is 10.3. The van der Waals surface area contributed by atoms with E-state index in [1.165, 1.54) is 18.4 Å². The van der Waals surface area contributed by atoms with Crippen LogP contribution in [0.2, 0.25) is 5.02 Å². The molecule has 0 bridgehead atoms. The number of thiophene rings is 1. The lowest BCUT2D eigenvalue weighted by molar-refractivity contribution is -0.139. The third-order valence-electron chi connectivity index (χ3n) is 1.73. The standard InChI is InChI=1S/C9H10ClNO3S/c1-5-4-15-8(7(5)10)9(13)11-3-6(12)14-2/h4H,3H2,1-2H3,(H,11,13). The molecule has 0 fully saturated rings. The number of halogens is 1. The summed E-state index contributed by atoms with van der Waals surface area (Å²) < 4.78 is 4.39. The van der Waals surface area contributed by atoms with E-state index in [1.807, 2.05) is 6.92 Å². The minimum absolute atomic E-state index is 0.150. The molecule has 0 aliphatic rings. The summed E-state index contributed by atoms with van der Waals surface area (Å²) in [7, 11) is 1.26. The Hall–Kier alpha value is -1.07. The van der Waals surface area contributed by atoms with E-state index in [9.17, 15) is 9.59 Å². The van der Waals surface area contributed by atoms with Gasteiger partial charge in [-0.2, -0.15) is 0 Å². The largest absolute Gasteiger partial charge is 0.468 e. The Balaban J connectivity index is 2.62. The summed E-state index contributed by atoms with van der Waals surface area (Å²) in [5, 5.41) is 4.64. The van der Waals surface area contributed by atoms with Gasteiger partial charge in [0.1, 0.15) is 11.4 Å². The van der Waals surface area contributed by atoms with Crippen LogP contribution in [-0.4, -0.2) is 25.5 Å². The van der Waals surface area contributed by atoms with Gasteiger partial charge in [0.2, 0.25) is 0 Å².